The van der Waals surface area contributed by atoms with Gasteiger partial charge in [-0.2, -0.15) is 0 Å². The fraction of sp³-hybridized carbons (Fsp3) is 0.455. The first-order chi connectivity index (χ1) is 7.58. The molecule has 0 amide bonds. The maximum absolute atomic E-state index is 13.3. The number of benzene rings is 1. The lowest BCUT2D eigenvalue weighted by Crippen LogP contribution is -2.28. The lowest BCUT2D eigenvalue weighted by atomic mass is 10.2. The average molecular weight is 231 g/mol. The molecule has 5 heteroatoms. The average Bonchev–Trinajstić information content (AvgIpc) is 2.60. The fourth-order valence-electron chi connectivity index (χ4n) is 1.97. The van der Waals surface area contributed by atoms with Gasteiger partial charge in [-0.3, -0.25) is 0 Å². The molecular formula is C11H12F3NO. The van der Waals surface area contributed by atoms with Gasteiger partial charge in [0.15, 0.2) is 11.6 Å². The Morgan fingerprint density at radius 1 is 1.19 bits per heavy atom. The van der Waals surface area contributed by atoms with Crippen LogP contribution < -0.4 is 5.32 Å². The van der Waals surface area contributed by atoms with Crippen LogP contribution in [-0.4, -0.2) is 17.3 Å². The number of hydrogen-bond acceptors (Lipinski definition) is 2. The van der Waals surface area contributed by atoms with E-state index in [9.17, 15) is 18.3 Å². The Balaban J connectivity index is 2.20. The van der Waals surface area contributed by atoms with E-state index in [0.29, 0.717) is 18.9 Å². The van der Waals surface area contributed by atoms with Crippen molar-refractivity contribution in [3.63, 3.8) is 0 Å². The predicted octanol–water partition coefficient (Wildman–Crippen LogP) is 2.43. The first kappa shape index (κ1) is 11.3. The van der Waals surface area contributed by atoms with Gasteiger partial charge in [0.1, 0.15) is 5.82 Å². The second-order valence-corrected chi connectivity index (χ2v) is 4.00. The van der Waals surface area contributed by atoms with Crippen LogP contribution in [0.1, 0.15) is 19.3 Å². The summed E-state index contributed by atoms with van der Waals surface area (Å²) in [5.41, 5.74) is -0.233. The summed E-state index contributed by atoms with van der Waals surface area (Å²) >= 11 is 0. The Labute approximate surface area is 91.1 Å². The molecule has 2 rings (SSSR count). The Morgan fingerprint density at radius 3 is 2.56 bits per heavy atom. The number of aliphatic hydroxyl groups is 1. The third-order valence-corrected chi connectivity index (χ3v) is 2.81. The zero-order valence-electron chi connectivity index (χ0n) is 8.51. The number of rotatable bonds is 2. The van der Waals surface area contributed by atoms with Gasteiger partial charge in [-0.05, 0) is 19.3 Å². The van der Waals surface area contributed by atoms with Gasteiger partial charge in [-0.25, -0.2) is 13.2 Å². The van der Waals surface area contributed by atoms with E-state index in [-0.39, 0.29) is 11.7 Å². The van der Waals surface area contributed by atoms with Crippen LogP contribution in [0.2, 0.25) is 0 Å². The summed E-state index contributed by atoms with van der Waals surface area (Å²) in [5, 5.41) is 12.1. The molecule has 0 radical (unpaired) electrons. The Hall–Kier alpha value is -1.23. The van der Waals surface area contributed by atoms with Crippen LogP contribution in [-0.2, 0) is 0 Å². The molecule has 1 aromatic carbocycles. The van der Waals surface area contributed by atoms with Gasteiger partial charge in [0.05, 0.1) is 17.8 Å². The molecule has 16 heavy (non-hydrogen) atoms. The lowest BCUT2D eigenvalue weighted by molar-refractivity contribution is 0.171. The highest BCUT2D eigenvalue weighted by Crippen LogP contribution is 2.26. The maximum Gasteiger partial charge on any atom is 0.182 e. The Bertz CT molecular complexity index is 397. The van der Waals surface area contributed by atoms with Crippen molar-refractivity contribution in [2.45, 2.75) is 31.4 Å². The summed E-state index contributed by atoms with van der Waals surface area (Å²) in [6.45, 7) is 0. The summed E-state index contributed by atoms with van der Waals surface area (Å²) in [4.78, 5) is 0. The summed E-state index contributed by atoms with van der Waals surface area (Å²) in [5.74, 6) is -3.18. The monoisotopic (exact) mass is 231 g/mol. The molecule has 88 valence electrons. The van der Waals surface area contributed by atoms with Crippen molar-refractivity contribution in [2.75, 3.05) is 5.32 Å². The van der Waals surface area contributed by atoms with E-state index >= 15 is 0 Å². The van der Waals surface area contributed by atoms with Gasteiger partial charge in [-0.1, -0.05) is 0 Å². The zero-order valence-corrected chi connectivity index (χ0v) is 8.51. The molecule has 0 saturated heterocycles. The molecule has 1 aliphatic carbocycles. The van der Waals surface area contributed by atoms with Crippen LogP contribution >= 0.6 is 0 Å². The normalized spacial score (nSPS) is 24.8. The number of nitrogens with one attached hydrogen (secondary N) is 1. The number of anilines is 1. The first-order valence-corrected chi connectivity index (χ1v) is 5.17. The van der Waals surface area contributed by atoms with Crippen molar-refractivity contribution in [1.29, 1.82) is 0 Å². The fourth-order valence-corrected chi connectivity index (χ4v) is 1.97. The van der Waals surface area contributed by atoms with Gasteiger partial charge in [0, 0.05) is 12.1 Å². The van der Waals surface area contributed by atoms with Crippen molar-refractivity contribution in [1.82, 2.24) is 0 Å². The number of halogens is 3. The number of hydrogen-bond donors (Lipinski definition) is 2. The molecule has 2 atom stereocenters. The predicted molar refractivity (Wildman–Crippen MR) is 53.6 cm³/mol. The summed E-state index contributed by atoms with van der Waals surface area (Å²) in [6, 6.07) is 1.05. The second-order valence-electron chi connectivity index (χ2n) is 4.00. The minimum absolute atomic E-state index is 0.233. The largest absolute Gasteiger partial charge is 0.391 e. The van der Waals surface area contributed by atoms with Crippen LogP contribution in [0.15, 0.2) is 12.1 Å². The quantitative estimate of drug-likeness (QED) is 0.766. The molecule has 1 fully saturated rings. The van der Waals surface area contributed by atoms with E-state index in [1.54, 1.807) is 0 Å². The third-order valence-electron chi connectivity index (χ3n) is 2.81. The SMILES string of the molecule is OC1CCCC1Nc1cc(F)cc(F)c1F. The minimum Gasteiger partial charge on any atom is -0.391 e. The van der Waals surface area contributed by atoms with Crippen molar-refractivity contribution >= 4 is 5.69 Å². The highest BCUT2D eigenvalue weighted by molar-refractivity contribution is 5.46. The molecule has 0 bridgehead atoms. The van der Waals surface area contributed by atoms with E-state index in [2.05, 4.69) is 5.32 Å². The van der Waals surface area contributed by atoms with E-state index < -0.39 is 23.6 Å². The molecule has 0 aliphatic heterocycles. The Kier molecular flexibility index (Phi) is 3.05. The van der Waals surface area contributed by atoms with E-state index in [1.165, 1.54) is 0 Å². The van der Waals surface area contributed by atoms with Gasteiger partial charge < -0.3 is 10.4 Å². The summed E-state index contributed by atoms with van der Waals surface area (Å²) in [6.07, 6.45) is 1.51. The molecule has 1 aliphatic rings. The minimum atomic E-state index is -1.23. The number of aliphatic hydroxyl groups excluding tert-OH is 1. The van der Waals surface area contributed by atoms with E-state index in [4.69, 9.17) is 0 Å². The van der Waals surface area contributed by atoms with Crippen LogP contribution in [0.3, 0.4) is 0 Å². The topological polar surface area (TPSA) is 32.3 Å². The van der Waals surface area contributed by atoms with Crippen molar-refractivity contribution in [3.8, 4) is 0 Å². The van der Waals surface area contributed by atoms with Gasteiger partial charge in [-0.15, -0.1) is 0 Å². The third kappa shape index (κ3) is 2.14. The smallest absolute Gasteiger partial charge is 0.182 e. The molecule has 2 N–H and O–H groups in total. The molecule has 2 nitrogen and oxygen atoms in total. The standard InChI is InChI=1S/C11H12F3NO/c12-6-4-7(13)11(14)9(5-6)15-8-2-1-3-10(8)16/h4-5,8,10,15-16H,1-3H2. The van der Waals surface area contributed by atoms with Crippen molar-refractivity contribution < 1.29 is 18.3 Å². The van der Waals surface area contributed by atoms with Crippen LogP contribution in [0.5, 0.6) is 0 Å². The van der Waals surface area contributed by atoms with Crippen LogP contribution in [0, 0.1) is 17.5 Å². The highest BCUT2D eigenvalue weighted by Gasteiger charge is 2.26. The first-order valence-electron chi connectivity index (χ1n) is 5.17. The van der Waals surface area contributed by atoms with Crippen molar-refractivity contribution in [3.05, 3.63) is 29.6 Å². The molecule has 1 aromatic rings. The summed E-state index contributed by atoms with van der Waals surface area (Å²) in [7, 11) is 0. The molecule has 0 spiro atoms. The summed E-state index contributed by atoms with van der Waals surface area (Å²) < 4.78 is 39.0. The Morgan fingerprint density at radius 2 is 1.94 bits per heavy atom. The molecular weight excluding hydrogens is 219 g/mol. The molecule has 1 saturated carbocycles. The second kappa shape index (κ2) is 4.33. The maximum atomic E-state index is 13.3. The van der Waals surface area contributed by atoms with Gasteiger partial charge in [0.25, 0.3) is 0 Å². The van der Waals surface area contributed by atoms with Crippen LogP contribution in [0.4, 0.5) is 18.9 Å². The lowest BCUT2D eigenvalue weighted by Gasteiger charge is -2.18. The highest BCUT2D eigenvalue weighted by atomic mass is 19.2. The zero-order chi connectivity index (χ0) is 11.7. The molecule has 0 aromatic heterocycles. The molecule has 2 unspecified atom stereocenters. The molecule has 0 heterocycles. The van der Waals surface area contributed by atoms with Crippen LogP contribution in [0.25, 0.3) is 0 Å². The van der Waals surface area contributed by atoms with Gasteiger partial charge in [0.2, 0.25) is 0 Å². The van der Waals surface area contributed by atoms with Gasteiger partial charge >= 0.3 is 0 Å². The van der Waals surface area contributed by atoms with E-state index in [0.717, 1.165) is 12.5 Å². The van der Waals surface area contributed by atoms with Crippen molar-refractivity contribution in [2.24, 2.45) is 0 Å². The van der Waals surface area contributed by atoms with E-state index in [1.807, 2.05) is 0 Å².